The summed E-state index contributed by atoms with van der Waals surface area (Å²) in [5, 5.41) is 0. The fourth-order valence-electron chi connectivity index (χ4n) is 3.72. The first-order valence-corrected chi connectivity index (χ1v) is 10.5. The smallest absolute Gasteiger partial charge is 0.231 e. The third kappa shape index (κ3) is 3.00. The normalized spacial score (nSPS) is 17.6. The third-order valence-electron chi connectivity index (χ3n) is 5.23. The van der Waals surface area contributed by atoms with E-state index in [0.717, 1.165) is 48.1 Å². The van der Waals surface area contributed by atoms with Crippen molar-refractivity contribution in [1.29, 1.82) is 0 Å². The van der Waals surface area contributed by atoms with Crippen LogP contribution in [0.5, 0.6) is 11.5 Å². The maximum absolute atomic E-state index is 5.60. The number of fused-ring (bicyclic) bond motifs is 2. The number of hydrogen-bond donors (Lipinski definition) is 0. The Morgan fingerprint density at radius 3 is 2.71 bits per heavy atom. The first kappa shape index (κ1) is 17.4. The van der Waals surface area contributed by atoms with Crippen LogP contribution in [0.2, 0.25) is 0 Å². The van der Waals surface area contributed by atoms with Gasteiger partial charge in [0, 0.05) is 34.0 Å². The van der Waals surface area contributed by atoms with Gasteiger partial charge < -0.3 is 14.4 Å². The van der Waals surface area contributed by atoms with E-state index in [1.165, 1.54) is 20.9 Å². The van der Waals surface area contributed by atoms with E-state index in [2.05, 4.69) is 55.2 Å². The molecule has 2 aromatic rings. The van der Waals surface area contributed by atoms with E-state index < -0.39 is 0 Å². The quantitative estimate of drug-likeness (QED) is 0.714. The molecule has 3 aliphatic rings. The lowest BCUT2D eigenvalue weighted by Gasteiger charge is -2.27. The van der Waals surface area contributed by atoms with Crippen molar-refractivity contribution in [2.75, 3.05) is 19.9 Å². The molecule has 0 amide bonds. The molecular weight excluding hydrogens is 368 g/mol. The van der Waals surface area contributed by atoms with Crippen LogP contribution in [-0.2, 0) is 0 Å². The number of likely N-dealkylation sites (N-methyl/N-ethyl adjacent to an activating group) is 1. The van der Waals surface area contributed by atoms with Crippen molar-refractivity contribution in [2.24, 2.45) is 4.99 Å². The van der Waals surface area contributed by atoms with Crippen LogP contribution < -0.4 is 9.47 Å². The lowest BCUT2D eigenvalue weighted by molar-refractivity contribution is 0.174. The summed E-state index contributed by atoms with van der Waals surface area (Å²) >= 11 is 1.79. The van der Waals surface area contributed by atoms with Gasteiger partial charge in [0.1, 0.15) is 5.84 Å². The Morgan fingerprint density at radius 1 is 1.07 bits per heavy atom. The van der Waals surface area contributed by atoms with Gasteiger partial charge in [0.25, 0.3) is 0 Å². The van der Waals surface area contributed by atoms with Crippen molar-refractivity contribution in [1.82, 2.24) is 4.90 Å². The van der Waals surface area contributed by atoms with Gasteiger partial charge in [-0.25, -0.2) is 4.99 Å². The van der Waals surface area contributed by atoms with E-state index >= 15 is 0 Å². The molecule has 0 bridgehead atoms. The Hall–Kier alpha value is -2.66. The second-order valence-corrected chi connectivity index (χ2v) is 8.17. The lowest BCUT2D eigenvalue weighted by atomic mass is 10.1. The molecule has 0 aromatic heterocycles. The van der Waals surface area contributed by atoms with Crippen molar-refractivity contribution in [2.45, 2.75) is 25.2 Å². The van der Waals surface area contributed by atoms with Crippen LogP contribution >= 0.6 is 11.8 Å². The summed E-state index contributed by atoms with van der Waals surface area (Å²) in [6, 6.07) is 14.8. The molecule has 3 heterocycles. The molecule has 0 atom stereocenters. The van der Waals surface area contributed by atoms with Gasteiger partial charge in [-0.2, -0.15) is 0 Å². The monoisotopic (exact) mass is 390 g/mol. The molecule has 0 saturated heterocycles. The Balaban J connectivity index is 1.60. The van der Waals surface area contributed by atoms with Crippen LogP contribution in [0.15, 0.2) is 68.9 Å². The molecule has 0 radical (unpaired) electrons. The molecule has 4 nitrogen and oxygen atoms in total. The van der Waals surface area contributed by atoms with E-state index in [1.54, 1.807) is 11.8 Å². The SMILES string of the molecule is CCN1CCC=C2C1=NC(c1ccc3c(c1)OCO3)=C2Sc1ccc(C)cc1. The van der Waals surface area contributed by atoms with Crippen LogP contribution in [0.25, 0.3) is 5.70 Å². The van der Waals surface area contributed by atoms with Crippen molar-refractivity contribution < 1.29 is 9.47 Å². The molecule has 5 rings (SSSR count). The predicted octanol–water partition coefficient (Wildman–Crippen LogP) is 5.25. The molecular formula is C23H22N2O2S. The molecule has 0 N–H and O–H groups in total. The number of nitrogens with zero attached hydrogens (tertiary/aromatic N) is 2. The minimum atomic E-state index is 0.284. The highest BCUT2D eigenvalue weighted by Crippen LogP contribution is 2.46. The minimum Gasteiger partial charge on any atom is -0.454 e. The fraction of sp³-hybridized carbons (Fsp3) is 0.261. The van der Waals surface area contributed by atoms with Gasteiger partial charge in [-0.3, -0.25) is 0 Å². The zero-order valence-electron chi connectivity index (χ0n) is 16.1. The first-order valence-electron chi connectivity index (χ1n) is 9.66. The fourth-order valence-corrected chi connectivity index (χ4v) is 4.77. The van der Waals surface area contributed by atoms with E-state index in [4.69, 9.17) is 14.5 Å². The summed E-state index contributed by atoms with van der Waals surface area (Å²) in [6.45, 7) is 6.58. The van der Waals surface area contributed by atoms with E-state index in [0.29, 0.717) is 0 Å². The second-order valence-electron chi connectivity index (χ2n) is 7.08. The number of amidine groups is 1. The van der Waals surface area contributed by atoms with Crippen molar-refractivity contribution >= 4 is 23.3 Å². The number of aliphatic imine (C=N–C) groups is 1. The molecule has 0 saturated carbocycles. The number of hydrogen-bond acceptors (Lipinski definition) is 5. The molecule has 142 valence electrons. The van der Waals surface area contributed by atoms with Crippen molar-refractivity contribution in [3.63, 3.8) is 0 Å². The van der Waals surface area contributed by atoms with Gasteiger partial charge >= 0.3 is 0 Å². The highest BCUT2D eigenvalue weighted by atomic mass is 32.2. The Kier molecular flexibility index (Phi) is 4.40. The molecule has 2 aromatic carbocycles. The molecule has 0 fully saturated rings. The molecule has 5 heteroatoms. The van der Waals surface area contributed by atoms with Gasteiger partial charge in [0.15, 0.2) is 11.5 Å². The molecule has 0 spiro atoms. The van der Waals surface area contributed by atoms with Gasteiger partial charge in [0.05, 0.1) is 5.70 Å². The van der Waals surface area contributed by atoms with Crippen LogP contribution in [-0.4, -0.2) is 30.6 Å². The topological polar surface area (TPSA) is 34.1 Å². The van der Waals surface area contributed by atoms with E-state index in [9.17, 15) is 0 Å². The number of benzene rings is 2. The Bertz CT molecular complexity index is 1020. The molecule has 0 aliphatic carbocycles. The van der Waals surface area contributed by atoms with Crippen LogP contribution in [0.1, 0.15) is 24.5 Å². The summed E-state index contributed by atoms with van der Waals surface area (Å²) in [7, 11) is 0. The maximum atomic E-state index is 5.60. The highest BCUT2D eigenvalue weighted by Gasteiger charge is 2.31. The van der Waals surface area contributed by atoms with E-state index in [1.807, 2.05) is 12.1 Å². The number of aryl methyl sites for hydroxylation is 1. The van der Waals surface area contributed by atoms with Gasteiger partial charge in [0.2, 0.25) is 6.79 Å². The Labute approximate surface area is 169 Å². The summed E-state index contributed by atoms with van der Waals surface area (Å²) in [5.41, 5.74) is 4.61. The molecule has 3 aliphatic heterocycles. The maximum Gasteiger partial charge on any atom is 0.231 e. The average molecular weight is 391 g/mol. The molecule has 0 unspecified atom stereocenters. The van der Waals surface area contributed by atoms with Crippen LogP contribution in [0, 0.1) is 6.92 Å². The van der Waals surface area contributed by atoms with Gasteiger partial charge in [-0.15, -0.1) is 0 Å². The number of rotatable bonds is 4. The van der Waals surface area contributed by atoms with Crippen LogP contribution in [0.3, 0.4) is 0 Å². The predicted molar refractivity (Wildman–Crippen MR) is 114 cm³/mol. The lowest BCUT2D eigenvalue weighted by Crippen LogP contribution is -2.34. The molecule has 28 heavy (non-hydrogen) atoms. The number of thioether (sulfide) groups is 1. The van der Waals surface area contributed by atoms with Crippen molar-refractivity contribution in [3.8, 4) is 11.5 Å². The number of ether oxygens (including phenoxy) is 2. The average Bonchev–Trinajstić information content (AvgIpc) is 3.33. The third-order valence-corrected chi connectivity index (χ3v) is 6.36. The van der Waals surface area contributed by atoms with Crippen LogP contribution in [0.4, 0.5) is 0 Å². The van der Waals surface area contributed by atoms with Crippen molar-refractivity contribution in [3.05, 3.63) is 70.1 Å². The standard InChI is InChI=1S/C23H22N2O2S/c1-3-25-12-4-5-18-22(28-17-9-6-15(2)7-10-17)21(24-23(18)25)16-8-11-19-20(13-16)27-14-26-19/h5-11,13H,3-4,12,14H2,1-2H3. The van der Waals surface area contributed by atoms with E-state index in [-0.39, 0.29) is 6.79 Å². The second kappa shape index (κ2) is 7.06. The Morgan fingerprint density at radius 2 is 1.89 bits per heavy atom. The zero-order chi connectivity index (χ0) is 19.1. The summed E-state index contributed by atoms with van der Waals surface area (Å²) in [6.07, 6.45) is 3.38. The summed E-state index contributed by atoms with van der Waals surface area (Å²) in [5.74, 6) is 2.69. The first-order chi connectivity index (χ1) is 13.7. The van der Waals surface area contributed by atoms with Gasteiger partial charge in [-0.05, 0) is 50.6 Å². The zero-order valence-corrected chi connectivity index (χ0v) is 16.9. The minimum absolute atomic E-state index is 0.284. The summed E-state index contributed by atoms with van der Waals surface area (Å²) < 4.78 is 11.1. The largest absolute Gasteiger partial charge is 0.454 e. The van der Waals surface area contributed by atoms with Gasteiger partial charge in [-0.1, -0.05) is 35.5 Å². The highest BCUT2D eigenvalue weighted by molar-refractivity contribution is 8.03. The summed E-state index contributed by atoms with van der Waals surface area (Å²) in [4.78, 5) is 9.90.